The molecule has 0 N–H and O–H groups in total. The molecule has 0 amide bonds. The Morgan fingerprint density at radius 3 is 1.60 bits per heavy atom. The summed E-state index contributed by atoms with van der Waals surface area (Å²) in [5, 5.41) is 5.37. The van der Waals surface area contributed by atoms with Crippen LogP contribution in [-0.4, -0.2) is 0 Å². The third kappa shape index (κ3) is 2.43. The Morgan fingerprint density at radius 2 is 1.15 bits per heavy atom. The van der Waals surface area contributed by atoms with E-state index in [9.17, 15) is 0 Å². The maximum absolute atomic E-state index is 2.30. The van der Waals surface area contributed by atoms with Gasteiger partial charge in [-0.3, -0.25) is 0 Å². The molecule has 0 saturated heterocycles. The maximum atomic E-state index is 2.30. The van der Waals surface area contributed by atoms with Crippen LogP contribution in [0.4, 0.5) is 0 Å². The van der Waals surface area contributed by atoms with Crippen molar-refractivity contribution in [3.05, 3.63) is 83.9 Å². The molecule has 0 aromatic heterocycles. The molecule has 20 heavy (non-hydrogen) atoms. The van der Waals surface area contributed by atoms with Crippen molar-refractivity contribution >= 4 is 21.5 Å². The molecule has 4 aromatic rings. The van der Waals surface area contributed by atoms with E-state index in [0.717, 1.165) is 6.42 Å². The van der Waals surface area contributed by atoms with Gasteiger partial charge in [0, 0.05) is 0 Å². The van der Waals surface area contributed by atoms with Crippen LogP contribution in [0.25, 0.3) is 21.5 Å². The van der Waals surface area contributed by atoms with E-state index in [-0.39, 0.29) is 29.1 Å². The van der Waals surface area contributed by atoms with Crippen molar-refractivity contribution < 1.29 is 29.1 Å². The molecular formula is C19H16Zr. The van der Waals surface area contributed by atoms with Gasteiger partial charge in [-0.15, -0.1) is 81.2 Å². The molecule has 0 aliphatic rings. The van der Waals surface area contributed by atoms with Crippen LogP contribution < -0.4 is 0 Å². The molecule has 0 bridgehead atoms. The second-order valence-electron chi connectivity index (χ2n) is 5.16. The van der Waals surface area contributed by atoms with Crippen molar-refractivity contribution in [3.63, 3.8) is 0 Å². The molecule has 0 nitrogen and oxygen atoms in total. The Bertz CT molecular complexity index is 720. The number of hydrogen-bond acceptors (Lipinski definition) is 0. The molecule has 0 atom stereocenters. The monoisotopic (exact) mass is 334 g/mol. The normalized spacial score (nSPS) is 10.8. The van der Waals surface area contributed by atoms with Crippen LogP contribution in [0.15, 0.2) is 72.8 Å². The van der Waals surface area contributed by atoms with E-state index < -0.39 is 0 Å². The van der Waals surface area contributed by atoms with Crippen molar-refractivity contribution in [1.29, 1.82) is 0 Å². The Morgan fingerprint density at radius 1 is 0.700 bits per heavy atom. The van der Waals surface area contributed by atoms with Gasteiger partial charge in [-0.2, -0.15) is 12.1 Å². The standard InChI is InChI=1S/C19H14.Zr.2H/c1-2-6-17-11-14(10-16(17)5-1)9-15-12-18-7-3-4-8-19(18)13-15;;;/h1-8,10-13H,9H2;;;/q-2;+4;2*-1. The van der Waals surface area contributed by atoms with Crippen LogP contribution in [0, 0.1) is 0 Å². The number of benzene rings is 2. The van der Waals surface area contributed by atoms with Crippen LogP contribution in [0.2, 0.25) is 0 Å². The SMILES string of the molecule is [H-].[H-].[Zr+4].c1ccc2[cH-]c(Cc3cc4ccccc4[cH-]3)cc2c1. The van der Waals surface area contributed by atoms with Gasteiger partial charge in [-0.05, 0) is 6.42 Å². The van der Waals surface area contributed by atoms with Crippen molar-refractivity contribution in [2.45, 2.75) is 6.42 Å². The quantitative estimate of drug-likeness (QED) is 0.439. The molecule has 0 aliphatic carbocycles. The summed E-state index contributed by atoms with van der Waals surface area (Å²) in [6.07, 6.45) is 1.02. The van der Waals surface area contributed by atoms with Gasteiger partial charge in [-0.1, -0.05) is 12.1 Å². The zero-order valence-corrected chi connectivity index (χ0v) is 13.6. The first-order valence-electron chi connectivity index (χ1n) is 6.67. The maximum Gasteiger partial charge on any atom is 4.00 e. The summed E-state index contributed by atoms with van der Waals surface area (Å²) in [5.74, 6) is 0. The molecule has 4 aromatic carbocycles. The van der Waals surface area contributed by atoms with Crippen LogP contribution in [0.1, 0.15) is 14.0 Å². The zero-order valence-electron chi connectivity index (χ0n) is 13.1. The molecule has 0 heterocycles. The average molecular weight is 336 g/mol. The Labute approximate surface area is 140 Å². The second-order valence-corrected chi connectivity index (χ2v) is 5.16. The number of hydrogen-bond donors (Lipinski definition) is 0. The minimum atomic E-state index is 0. The fraction of sp³-hybridized carbons (Fsp3) is 0.0526. The van der Waals surface area contributed by atoms with E-state index in [1.165, 1.54) is 32.7 Å². The summed E-state index contributed by atoms with van der Waals surface area (Å²) in [5.41, 5.74) is 2.80. The minimum Gasteiger partial charge on any atom is -1.00 e. The molecule has 96 valence electrons. The van der Waals surface area contributed by atoms with Gasteiger partial charge in [-0.25, -0.2) is 0 Å². The summed E-state index contributed by atoms with van der Waals surface area (Å²) in [6, 6.07) is 26.3. The molecule has 0 aliphatic heterocycles. The molecular weight excluding hydrogens is 319 g/mol. The summed E-state index contributed by atoms with van der Waals surface area (Å²) in [4.78, 5) is 0. The number of fused-ring (bicyclic) bond motifs is 2. The third-order valence-corrected chi connectivity index (χ3v) is 3.76. The molecule has 0 fully saturated rings. The van der Waals surface area contributed by atoms with E-state index in [1.807, 2.05) is 0 Å². The molecule has 0 radical (unpaired) electrons. The van der Waals surface area contributed by atoms with E-state index in [2.05, 4.69) is 72.8 Å². The van der Waals surface area contributed by atoms with E-state index in [1.54, 1.807) is 0 Å². The zero-order chi connectivity index (χ0) is 12.7. The fourth-order valence-corrected chi connectivity index (χ4v) is 2.87. The smallest absolute Gasteiger partial charge is 1.00 e. The predicted octanol–water partition coefficient (Wildman–Crippen LogP) is 5.24. The first kappa shape index (κ1) is 13.5. The van der Waals surface area contributed by atoms with Gasteiger partial charge >= 0.3 is 26.2 Å². The Hall–Kier alpha value is -1.46. The van der Waals surface area contributed by atoms with Crippen molar-refractivity contribution in [3.8, 4) is 0 Å². The van der Waals surface area contributed by atoms with Crippen LogP contribution in [0.3, 0.4) is 0 Å². The molecule has 0 spiro atoms. The molecule has 4 rings (SSSR count). The average Bonchev–Trinajstić information content (AvgIpc) is 3.00. The molecule has 1 heteroatoms. The van der Waals surface area contributed by atoms with Crippen LogP contribution >= 0.6 is 0 Å². The van der Waals surface area contributed by atoms with E-state index in [0.29, 0.717) is 0 Å². The Balaban J connectivity index is 0.000000807. The van der Waals surface area contributed by atoms with Crippen molar-refractivity contribution in [1.82, 2.24) is 0 Å². The molecule has 0 unspecified atom stereocenters. The summed E-state index contributed by atoms with van der Waals surface area (Å²) < 4.78 is 0. The fourth-order valence-electron chi connectivity index (χ4n) is 2.87. The van der Waals surface area contributed by atoms with E-state index >= 15 is 0 Å². The Kier molecular flexibility index (Phi) is 3.72. The summed E-state index contributed by atoms with van der Waals surface area (Å²) in [6.45, 7) is 0. The third-order valence-electron chi connectivity index (χ3n) is 3.76. The van der Waals surface area contributed by atoms with Gasteiger partial charge in [0.1, 0.15) is 0 Å². The van der Waals surface area contributed by atoms with Gasteiger partial charge in [0.05, 0.1) is 0 Å². The second kappa shape index (κ2) is 5.50. The first-order valence-corrected chi connectivity index (χ1v) is 6.67. The van der Waals surface area contributed by atoms with Crippen LogP contribution in [-0.2, 0) is 32.6 Å². The van der Waals surface area contributed by atoms with Gasteiger partial charge in [0.25, 0.3) is 0 Å². The molecule has 0 saturated carbocycles. The summed E-state index contributed by atoms with van der Waals surface area (Å²) >= 11 is 0. The van der Waals surface area contributed by atoms with Crippen molar-refractivity contribution in [2.75, 3.05) is 0 Å². The van der Waals surface area contributed by atoms with E-state index in [4.69, 9.17) is 0 Å². The van der Waals surface area contributed by atoms with Gasteiger partial charge in [0.2, 0.25) is 0 Å². The largest absolute Gasteiger partial charge is 4.00 e. The first-order chi connectivity index (χ1) is 9.38. The number of rotatable bonds is 2. The minimum absolute atomic E-state index is 0. The van der Waals surface area contributed by atoms with Gasteiger partial charge in [0.15, 0.2) is 0 Å². The predicted molar refractivity (Wildman–Crippen MR) is 84.1 cm³/mol. The topological polar surface area (TPSA) is 0 Å². The van der Waals surface area contributed by atoms with Crippen molar-refractivity contribution in [2.24, 2.45) is 0 Å². The van der Waals surface area contributed by atoms with Gasteiger partial charge < -0.3 is 2.85 Å². The van der Waals surface area contributed by atoms with Crippen LogP contribution in [0.5, 0.6) is 0 Å². The summed E-state index contributed by atoms with van der Waals surface area (Å²) in [7, 11) is 0.